The first-order valence-corrected chi connectivity index (χ1v) is 7.42. The Morgan fingerprint density at radius 1 is 1.25 bits per heavy atom. The van der Waals surface area contributed by atoms with Crippen LogP contribution in [0.3, 0.4) is 0 Å². The molecule has 4 nitrogen and oxygen atoms in total. The molecule has 2 aromatic heterocycles. The highest BCUT2D eigenvalue weighted by Crippen LogP contribution is 2.25. The standard InChI is InChI=1S/C13H9Cl2N3OS/c14-10-2-1-8(5-11(10)15)16-7-9-6-12(19)18-3-4-20-13(18)17-9/h1-6,16H,7H2. The van der Waals surface area contributed by atoms with E-state index in [4.69, 9.17) is 23.2 Å². The lowest BCUT2D eigenvalue weighted by molar-refractivity contribution is 0.990. The van der Waals surface area contributed by atoms with Gasteiger partial charge >= 0.3 is 0 Å². The number of hydrogen-bond acceptors (Lipinski definition) is 4. The van der Waals surface area contributed by atoms with E-state index in [2.05, 4.69) is 10.3 Å². The van der Waals surface area contributed by atoms with Gasteiger partial charge in [-0.15, -0.1) is 11.3 Å². The van der Waals surface area contributed by atoms with Crippen molar-refractivity contribution in [3.05, 3.63) is 61.9 Å². The smallest absolute Gasteiger partial charge is 0.258 e. The summed E-state index contributed by atoms with van der Waals surface area (Å²) in [6, 6.07) is 6.80. The van der Waals surface area contributed by atoms with Gasteiger partial charge in [0.05, 0.1) is 22.3 Å². The van der Waals surface area contributed by atoms with Crippen molar-refractivity contribution in [3.8, 4) is 0 Å². The summed E-state index contributed by atoms with van der Waals surface area (Å²) in [5.41, 5.74) is 1.43. The van der Waals surface area contributed by atoms with Crippen LogP contribution in [0.15, 0.2) is 40.6 Å². The van der Waals surface area contributed by atoms with E-state index in [0.29, 0.717) is 27.2 Å². The first kappa shape index (κ1) is 13.4. The van der Waals surface area contributed by atoms with Crippen LogP contribution in [-0.2, 0) is 6.54 Å². The Kier molecular flexibility index (Phi) is 3.65. The largest absolute Gasteiger partial charge is 0.379 e. The number of halogens is 2. The van der Waals surface area contributed by atoms with Gasteiger partial charge < -0.3 is 5.32 Å². The Morgan fingerprint density at radius 3 is 2.90 bits per heavy atom. The fraction of sp³-hybridized carbons (Fsp3) is 0.0769. The lowest BCUT2D eigenvalue weighted by Gasteiger charge is -2.07. The molecule has 0 spiro atoms. The summed E-state index contributed by atoms with van der Waals surface area (Å²) in [6.07, 6.45) is 1.71. The van der Waals surface area contributed by atoms with E-state index >= 15 is 0 Å². The number of rotatable bonds is 3. The number of anilines is 1. The molecule has 7 heteroatoms. The summed E-state index contributed by atoms with van der Waals surface area (Å²) < 4.78 is 1.52. The molecule has 0 amide bonds. The van der Waals surface area contributed by atoms with E-state index in [9.17, 15) is 4.79 Å². The summed E-state index contributed by atoms with van der Waals surface area (Å²) in [6.45, 7) is 0.446. The van der Waals surface area contributed by atoms with Crippen LogP contribution in [-0.4, -0.2) is 9.38 Å². The molecule has 0 aliphatic rings. The van der Waals surface area contributed by atoms with Crippen molar-refractivity contribution in [1.82, 2.24) is 9.38 Å². The molecule has 20 heavy (non-hydrogen) atoms. The van der Waals surface area contributed by atoms with Crippen LogP contribution >= 0.6 is 34.5 Å². The lowest BCUT2D eigenvalue weighted by Crippen LogP contribution is -2.14. The minimum absolute atomic E-state index is 0.0813. The zero-order valence-electron chi connectivity index (χ0n) is 10.1. The Balaban J connectivity index is 1.82. The zero-order chi connectivity index (χ0) is 14.1. The highest BCUT2D eigenvalue weighted by atomic mass is 35.5. The van der Waals surface area contributed by atoms with Gasteiger partial charge in [0.25, 0.3) is 5.56 Å². The van der Waals surface area contributed by atoms with Crippen molar-refractivity contribution in [3.63, 3.8) is 0 Å². The van der Waals surface area contributed by atoms with E-state index in [1.54, 1.807) is 18.3 Å². The van der Waals surface area contributed by atoms with Gasteiger partial charge in [-0.2, -0.15) is 0 Å². The summed E-state index contributed by atoms with van der Waals surface area (Å²) in [4.78, 5) is 16.9. The number of fused-ring (bicyclic) bond motifs is 1. The first-order chi connectivity index (χ1) is 9.63. The molecule has 2 heterocycles. The second-order valence-electron chi connectivity index (χ2n) is 4.12. The SMILES string of the molecule is O=c1cc(CNc2ccc(Cl)c(Cl)c2)nc2sccn12. The number of thiazole rings is 1. The Labute approximate surface area is 128 Å². The van der Waals surface area contributed by atoms with Gasteiger partial charge in [-0.25, -0.2) is 4.98 Å². The molecule has 0 saturated heterocycles. The van der Waals surface area contributed by atoms with Crippen molar-refractivity contribution in [2.75, 3.05) is 5.32 Å². The molecule has 0 aliphatic carbocycles. The summed E-state index contributed by atoms with van der Waals surface area (Å²) in [7, 11) is 0. The van der Waals surface area contributed by atoms with Crippen molar-refractivity contribution < 1.29 is 0 Å². The predicted octanol–water partition coefficient (Wildman–Crippen LogP) is 3.67. The van der Waals surface area contributed by atoms with Gasteiger partial charge in [-0.1, -0.05) is 23.2 Å². The van der Waals surface area contributed by atoms with Gasteiger partial charge in [0, 0.05) is 23.3 Å². The van der Waals surface area contributed by atoms with Crippen LogP contribution in [0.1, 0.15) is 5.69 Å². The van der Waals surface area contributed by atoms with Crippen molar-refractivity contribution >= 4 is 45.2 Å². The molecule has 0 aliphatic heterocycles. The van der Waals surface area contributed by atoms with Crippen LogP contribution in [0.5, 0.6) is 0 Å². The number of nitrogens with zero attached hydrogens (tertiary/aromatic N) is 2. The Morgan fingerprint density at radius 2 is 2.10 bits per heavy atom. The summed E-state index contributed by atoms with van der Waals surface area (Å²) >= 11 is 13.2. The van der Waals surface area contributed by atoms with Gasteiger partial charge in [0.2, 0.25) is 0 Å². The van der Waals surface area contributed by atoms with E-state index in [1.807, 2.05) is 11.4 Å². The van der Waals surface area contributed by atoms with Crippen molar-refractivity contribution in [1.29, 1.82) is 0 Å². The molecule has 0 fully saturated rings. The first-order valence-electron chi connectivity index (χ1n) is 5.78. The second kappa shape index (κ2) is 5.44. The molecule has 3 rings (SSSR count). The summed E-state index contributed by atoms with van der Waals surface area (Å²) in [5, 5.41) is 5.99. The van der Waals surface area contributed by atoms with Gasteiger partial charge in [0.1, 0.15) is 0 Å². The maximum absolute atomic E-state index is 11.8. The fourth-order valence-corrected chi connectivity index (χ4v) is 2.81. The predicted molar refractivity (Wildman–Crippen MR) is 83.1 cm³/mol. The summed E-state index contributed by atoms with van der Waals surface area (Å²) in [5.74, 6) is 0. The maximum atomic E-state index is 11.8. The molecule has 0 atom stereocenters. The van der Waals surface area contributed by atoms with Gasteiger partial charge in [0.15, 0.2) is 4.96 Å². The van der Waals surface area contributed by atoms with Crippen LogP contribution in [0.2, 0.25) is 10.0 Å². The van der Waals surface area contributed by atoms with E-state index in [0.717, 1.165) is 5.69 Å². The highest BCUT2D eigenvalue weighted by molar-refractivity contribution is 7.15. The third-order valence-electron chi connectivity index (χ3n) is 2.75. The molecule has 0 saturated carbocycles. The maximum Gasteiger partial charge on any atom is 0.258 e. The van der Waals surface area contributed by atoms with E-state index < -0.39 is 0 Å². The molecule has 1 aromatic carbocycles. The molecule has 3 aromatic rings. The van der Waals surface area contributed by atoms with Gasteiger partial charge in [-0.05, 0) is 18.2 Å². The molecular weight excluding hydrogens is 317 g/mol. The van der Waals surface area contributed by atoms with Crippen molar-refractivity contribution in [2.45, 2.75) is 6.54 Å². The van der Waals surface area contributed by atoms with Gasteiger partial charge in [-0.3, -0.25) is 9.20 Å². The van der Waals surface area contributed by atoms with E-state index in [-0.39, 0.29) is 5.56 Å². The number of benzene rings is 1. The average molecular weight is 326 g/mol. The molecule has 0 radical (unpaired) electrons. The number of hydrogen-bond donors (Lipinski definition) is 1. The normalized spacial score (nSPS) is 10.9. The minimum atomic E-state index is -0.0813. The second-order valence-corrected chi connectivity index (χ2v) is 5.81. The molecule has 0 unspecified atom stereocenters. The average Bonchev–Trinajstić information content (AvgIpc) is 2.89. The molecule has 102 valence electrons. The Hall–Kier alpha value is -1.56. The van der Waals surface area contributed by atoms with Crippen LogP contribution < -0.4 is 10.9 Å². The molecule has 1 N–H and O–H groups in total. The lowest BCUT2D eigenvalue weighted by atomic mass is 10.3. The minimum Gasteiger partial charge on any atom is -0.379 e. The van der Waals surface area contributed by atoms with Crippen LogP contribution in [0.4, 0.5) is 5.69 Å². The topological polar surface area (TPSA) is 46.4 Å². The zero-order valence-corrected chi connectivity index (χ0v) is 12.5. The van der Waals surface area contributed by atoms with E-state index in [1.165, 1.54) is 21.8 Å². The van der Waals surface area contributed by atoms with Crippen LogP contribution in [0.25, 0.3) is 4.96 Å². The monoisotopic (exact) mass is 325 g/mol. The van der Waals surface area contributed by atoms with Crippen molar-refractivity contribution in [2.24, 2.45) is 0 Å². The quantitative estimate of drug-likeness (QED) is 0.799. The number of aromatic nitrogens is 2. The van der Waals surface area contributed by atoms with Crippen LogP contribution in [0, 0.1) is 0 Å². The fourth-order valence-electron chi connectivity index (χ4n) is 1.78. The third-order valence-corrected chi connectivity index (χ3v) is 4.25. The molecule has 0 bridgehead atoms. The Bertz CT molecular complexity index is 828. The molecular formula is C13H9Cl2N3OS. The third kappa shape index (κ3) is 2.65. The highest BCUT2D eigenvalue weighted by Gasteiger charge is 2.04. The number of nitrogens with one attached hydrogen (secondary N) is 1.